The van der Waals surface area contributed by atoms with E-state index in [1.807, 2.05) is 24.3 Å². The molecule has 1 N–H and O–H groups in total. The Labute approximate surface area is 124 Å². The van der Waals surface area contributed by atoms with Crippen LogP contribution in [0.4, 0.5) is 0 Å². The largest absolute Gasteiger partial charge is 0.314 e. The van der Waals surface area contributed by atoms with Crippen LogP contribution in [0.1, 0.15) is 0 Å². The Morgan fingerprint density at radius 2 is 1.48 bits per heavy atom. The van der Waals surface area contributed by atoms with Gasteiger partial charge < -0.3 is 5.32 Å². The number of pyridine rings is 1. The molecule has 2 heterocycles. The van der Waals surface area contributed by atoms with Crippen molar-refractivity contribution in [2.75, 3.05) is 26.2 Å². The van der Waals surface area contributed by atoms with Crippen LogP contribution in [-0.2, 0) is 10.0 Å². The van der Waals surface area contributed by atoms with Crippen molar-refractivity contribution in [1.29, 1.82) is 0 Å². The van der Waals surface area contributed by atoms with Gasteiger partial charge in [0.1, 0.15) is 0 Å². The summed E-state index contributed by atoms with van der Waals surface area (Å²) in [6.45, 7) is 2.45. The molecule has 0 aliphatic carbocycles. The van der Waals surface area contributed by atoms with E-state index in [4.69, 9.17) is 0 Å². The molecule has 3 rings (SSSR count). The van der Waals surface area contributed by atoms with Crippen LogP contribution < -0.4 is 5.32 Å². The fourth-order valence-electron chi connectivity index (χ4n) is 2.40. The highest BCUT2D eigenvalue weighted by Crippen LogP contribution is 2.22. The van der Waals surface area contributed by atoms with Crippen LogP contribution in [-0.4, -0.2) is 43.9 Å². The van der Waals surface area contributed by atoms with Crippen LogP contribution in [0, 0.1) is 0 Å². The molecule has 6 heteroatoms. The maximum absolute atomic E-state index is 12.5. The lowest BCUT2D eigenvalue weighted by molar-refractivity contribution is 0.360. The summed E-state index contributed by atoms with van der Waals surface area (Å²) in [4.78, 5) is 4.33. The van der Waals surface area contributed by atoms with Crippen molar-refractivity contribution in [2.45, 2.75) is 4.90 Å². The molecule has 0 amide bonds. The molecule has 1 aromatic heterocycles. The highest BCUT2D eigenvalue weighted by Gasteiger charge is 2.25. The molecule has 2 aromatic rings. The zero-order valence-corrected chi connectivity index (χ0v) is 12.4. The molecule has 0 bridgehead atoms. The Morgan fingerprint density at radius 3 is 2.10 bits per heavy atom. The summed E-state index contributed by atoms with van der Waals surface area (Å²) in [5, 5.41) is 3.16. The van der Waals surface area contributed by atoms with E-state index < -0.39 is 10.0 Å². The maximum atomic E-state index is 12.5. The van der Waals surface area contributed by atoms with Crippen LogP contribution in [0.25, 0.3) is 11.1 Å². The second-order valence-electron chi connectivity index (χ2n) is 4.91. The van der Waals surface area contributed by atoms with Gasteiger partial charge in [0.2, 0.25) is 10.0 Å². The summed E-state index contributed by atoms with van der Waals surface area (Å²) in [5.41, 5.74) is 2.01. The van der Waals surface area contributed by atoms with Gasteiger partial charge in [0.05, 0.1) is 4.90 Å². The Hall–Kier alpha value is -1.76. The summed E-state index contributed by atoms with van der Waals surface area (Å²) in [7, 11) is -3.38. The third kappa shape index (κ3) is 2.97. The predicted molar refractivity (Wildman–Crippen MR) is 81.3 cm³/mol. The molecule has 1 aliphatic rings. The van der Waals surface area contributed by atoms with Gasteiger partial charge in [-0.05, 0) is 35.4 Å². The molecule has 21 heavy (non-hydrogen) atoms. The highest BCUT2D eigenvalue weighted by atomic mass is 32.2. The second-order valence-corrected chi connectivity index (χ2v) is 6.85. The third-order valence-electron chi connectivity index (χ3n) is 3.58. The van der Waals surface area contributed by atoms with E-state index in [1.165, 1.54) is 4.31 Å². The number of hydrogen-bond donors (Lipinski definition) is 1. The van der Waals surface area contributed by atoms with Gasteiger partial charge in [-0.3, -0.25) is 4.98 Å². The van der Waals surface area contributed by atoms with Crippen molar-refractivity contribution in [3.63, 3.8) is 0 Å². The number of nitrogens with zero attached hydrogens (tertiary/aromatic N) is 2. The van der Waals surface area contributed by atoms with E-state index in [0.717, 1.165) is 11.1 Å². The van der Waals surface area contributed by atoms with Gasteiger partial charge in [0, 0.05) is 38.6 Å². The lowest BCUT2D eigenvalue weighted by atomic mass is 10.1. The topological polar surface area (TPSA) is 62.3 Å². The number of piperazine rings is 1. The van der Waals surface area contributed by atoms with Gasteiger partial charge in [-0.2, -0.15) is 4.31 Å². The number of hydrogen-bond acceptors (Lipinski definition) is 4. The number of sulfonamides is 1. The summed E-state index contributed by atoms with van der Waals surface area (Å²) in [6.07, 6.45) is 3.45. The molecule has 0 spiro atoms. The molecule has 1 aromatic carbocycles. The van der Waals surface area contributed by atoms with E-state index in [2.05, 4.69) is 10.3 Å². The molecular formula is C15H17N3O2S. The Bertz CT molecular complexity index is 693. The number of rotatable bonds is 3. The van der Waals surface area contributed by atoms with Crippen LogP contribution in [0.3, 0.4) is 0 Å². The summed E-state index contributed by atoms with van der Waals surface area (Å²) >= 11 is 0. The smallest absolute Gasteiger partial charge is 0.243 e. The lowest BCUT2D eigenvalue weighted by Crippen LogP contribution is -2.46. The first-order valence-electron chi connectivity index (χ1n) is 6.89. The fourth-order valence-corrected chi connectivity index (χ4v) is 3.84. The van der Waals surface area contributed by atoms with Crippen LogP contribution in [0.15, 0.2) is 53.7 Å². The standard InChI is InChI=1S/C15H17N3O2S/c19-21(20,18-11-9-17-10-12-18)15-3-1-13(2-4-15)14-5-7-16-8-6-14/h1-8,17H,9-12H2. The number of nitrogens with one attached hydrogen (secondary N) is 1. The normalized spacial score (nSPS) is 16.8. The van der Waals surface area contributed by atoms with Crippen molar-refractivity contribution < 1.29 is 8.42 Å². The molecule has 1 saturated heterocycles. The van der Waals surface area contributed by atoms with Gasteiger partial charge in [-0.15, -0.1) is 0 Å². The van der Waals surface area contributed by atoms with Crippen LogP contribution >= 0.6 is 0 Å². The monoisotopic (exact) mass is 303 g/mol. The Morgan fingerprint density at radius 1 is 0.905 bits per heavy atom. The minimum Gasteiger partial charge on any atom is -0.314 e. The van der Waals surface area contributed by atoms with E-state index in [9.17, 15) is 8.42 Å². The molecule has 110 valence electrons. The van der Waals surface area contributed by atoms with E-state index in [0.29, 0.717) is 31.1 Å². The minimum absolute atomic E-state index is 0.349. The van der Waals surface area contributed by atoms with Gasteiger partial charge >= 0.3 is 0 Å². The zero-order valence-electron chi connectivity index (χ0n) is 11.6. The van der Waals surface area contributed by atoms with E-state index in [-0.39, 0.29) is 0 Å². The fraction of sp³-hybridized carbons (Fsp3) is 0.267. The predicted octanol–water partition coefficient (Wildman–Crippen LogP) is 1.34. The minimum atomic E-state index is -3.38. The summed E-state index contributed by atoms with van der Waals surface area (Å²) < 4.78 is 26.6. The average Bonchev–Trinajstić information content (AvgIpc) is 2.57. The first kappa shape index (κ1) is 14.2. The molecule has 0 saturated carbocycles. The summed E-state index contributed by atoms with van der Waals surface area (Å²) in [6, 6.07) is 10.8. The SMILES string of the molecule is O=S(=O)(c1ccc(-c2ccncc2)cc1)N1CCNCC1. The van der Waals surface area contributed by atoms with Crippen LogP contribution in [0.5, 0.6) is 0 Å². The van der Waals surface area contributed by atoms with Crippen molar-refractivity contribution in [3.05, 3.63) is 48.8 Å². The first-order chi connectivity index (χ1) is 10.2. The number of aromatic nitrogens is 1. The molecule has 1 fully saturated rings. The van der Waals surface area contributed by atoms with Crippen molar-refractivity contribution in [2.24, 2.45) is 0 Å². The summed E-state index contributed by atoms with van der Waals surface area (Å²) in [5.74, 6) is 0. The molecular weight excluding hydrogens is 286 g/mol. The van der Waals surface area contributed by atoms with Crippen molar-refractivity contribution in [3.8, 4) is 11.1 Å². The molecule has 0 unspecified atom stereocenters. The van der Waals surface area contributed by atoms with Crippen LogP contribution in [0.2, 0.25) is 0 Å². The molecule has 0 radical (unpaired) electrons. The third-order valence-corrected chi connectivity index (χ3v) is 5.49. The van der Waals surface area contributed by atoms with Gasteiger partial charge in [0.15, 0.2) is 0 Å². The van der Waals surface area contributed by atoms with Crippen molar-refractivity contribution in [1.82, 2.24) is 14.6 Å². The zero-order chi connectivity index (χ0) is 14.7. The van der Waals surface area contributed by atoms with Gasteiger partial charge in [0.25, 0.3) is 0 Å². The quantitative estimate of drug-likeness (QED) is 0.929. The van der Waals surface area contributed by atoms with Crippen molar-refractivity contribution >= 4 is 10.0 Å². The molecule has 5 nitrogen and oxygen atoms in total. The maximum Gasteiger partial charge on any atom is 0.243 e. The van der Waals surface area contributed by atoms with E-state index >= 15 is 0 Å². The Kier molecular flexibility index (Phi) is 4.01. The van der Waals surface area contributed by atoms with Gasteiger partial charge in [-0.25, -0.2) is 8.42 Å². The average molecular weight is 303 g/mol. The Balaban J connectivity index is 1.87. The molecule has 1 aliphatic heterocycles. The second kappa shape index (κ2) is 5.93. The first-order valence-corrected chi connectivity index (χ1v) is 8.33. The van der Waals surface area contributed by atoms with Gasteiger partial charge in [-0.1, -0.05) is 12.1 Å². The molecule has 0 atom stereocenters. The highest BCUT2D eigenvalue weighted by molar-refractivity contribution is 7.89. The lowest BCUT2D eigenvalue weighted by Gasteiger charge is -2.26. The number of benzene rings is 1. The van der Waals surface area contributed by atoms with E-state index in [1.54, 1.807) is 24.5 Å².